The van der Waals surface area contributed by atoms with Crippen molar-refractivity contribution >= 4 is 13.9 Å². The number of hydrogen-bond acceptors (Lipinski definition) is 11. The number of aliphatic hydroxyl groups excluding tert-OH is 1. The van der Waals surface area contributed by atoms with Gasteiger partial charge < -0.3 is 19.9 Å². The molecule has 2 aliphatic rings. The molecule has 1 aliphatic heterocycles. The van der Waals surface area contributed by atoms with Crippen molar-refractivity contribution < 1.29 is 37.5 Å². The first-order valence-corrected chi connectivity index (χ1v) is 16.8. The van der Waals surface area contributed by atoms with Gasteiger partial charge in [-0.3, -0.25) is 27.9 Å². The van der Waals surface area contributed by atoms with Crippen LogP contribution in [-0.4, -0.2) is 65.9 Å². The number of carbonyl (C=O) groups is 1. The number of aliphatic hydroxyl groups is 1. The third-order valence-corrected chi connectivity index (χ3v) is 9.50. The van der Waals surface area contributed by atoms with E-state index in [2.05, 4.69) is 22.4 Å². The second kappa shape index (κ2) is 15.7. The van der Waals surface area contributed by atoms with Crippen LogP contribution in [0.1, 0.15) is 54.5 Å². The highest BCUT2D eigenvalue weighted by atomic mass is 31.2. The molecule has 15 heteroatoms. The first-order valence-electron chi connectivity index (χ1n) is 15.3. The Kier molecular flexibility index (Phi) is 11.4. The van der Waals surface area contributed by atoms with Gasteiger partial charge in [-0.2, -0.15) is 5.26 Å². The summed E-state index contributed by atoms with van der Waals surface area (Å²) in [4.78, 5) is 38.8. The Hall–Kier alpha value is -4.09. The van der Waals surface area contributed by atoms with Crippen LogP contribution in [0.15, 0.2) is 64.3 Å². The molecule has 1 amide bonds. The average molecular weight is 669 g/mol. The van der Waals surface area contributed by atoms with E-state index in [9.17, 15) is 24.1 Å². The lowest BCUT2D eigenvalue weighted by Crippen LogP contribution is -2.33. The highest BCUT2D eigenvalue weighted by Gasteiger charge is 2.43. The van der Waals surface area contributed by atoms with Gasteiger partial charge in [0.15, 0.2) is 0 Å². The number of nitrogens with zero attached hydrogens (tertiary/aromatic N) is 2. The number of unbranched alkanes of at least 4 members (excludes halogenated alkanes) is 1. The number of rotatable bonds is 15. The Balaban J connectivity index is 1.09. The number of phosphoric acid groups is 1. The summed E-state index contributed by atoms with van der Waals surface area (Å²) in [6, 6.07) is 18.0. The maximum absolute atomic E-state index is 13.5. The topological polar surface area (TPSA) is 191 Å². The van der Waals surface area contributed by atoms with Crippen LogP contribution in [0, 0.1) is 18.3 Å². The number of aromatic nitrogens is 2. The molecule has 3 N–H and O–H groups in total. The first kappa shape index (κ1) is 34.3. The SMILES string of the molecule is Cc1cn([C@H]2C[C@@H](OP(=O)(OCCC#N)OCCCCNC(=O)OCC3c4ccccc4-c4ccccc43)[C@@H](CO)O2)c(=O)[nH]c1=O. The second-order valence-corrected chi connectivity index (χ2v) is 12.8. The summed E-state index contributed by atoms with van der Waals surface area (Å²) in [6.45, 7) is 1.20. The van der Waals surface area contributed by atoms with Gasteiger partial charge >= 0.3 is 19.6 Å². The van der Waals surface area contributed by atoms with Crippen LogP contribution < -0.4 is 16.6 Å². The molecule has 5 rings (SSSR count). The lowest BCUT2D eigenvalue weighted by molar-refractivity contribution is -0.0477. The average Bonchev–Trinajstić information content (AvgIpc) is 3.61. The van der Waals surface area contributed by atoms with E-state index in [-0.39, 0.29) is 50.7 Å². The van der Waals surface area contributed by atoms with E-state index in [1.165, 1.54) is 13.1 Å². The summed E-state index contributed by atoms with van der Waals surface area (Å²) in [7, 11) is -4.24. The zero-order valence-corrected chi connectivity index (χ0v) is 26.7. The number of carbonyl (C=O) groups excluding carboxylic acids is 1. The number of benzene rings is 2. The number of H-pyrrole nitrogens is 1. The van der Waals surface area contributed by atoms with E-state index < -0.39 is 50.2 Å². The highest BCUT2D eigenvalue weighted by Crippen LogP contribution is 2.53. The van der Waals surface area contributed by atoms with Crippen molar-refractivity contribution in [2.24, 2.45) is 0 Å². The molecule has 3 aromatic rings. The van der Waals surface area contributed by atoms with E-state index in [0.717, 1.165) is 26.8 Å². The minimum Gasteiger partial charge on any atom is -0.449 e. The summed E-state index contributed by atoms with van der Waals surface area (Å²) in [5, 5.41) is 21.5. The quantitative estimate of drug-likeness (QED) is 0.157. The minimum atomic E-state index is -4.24. The van der Waals surface area contributed by atoms with Gasteiger partial charge in [-0.15, -0.1) is 0 Å². The highest BCUT2D eigenvalue weighted by molar-refractivity contribution is 7.48. The van der Waals surface area contributed by atoms with Crippen molar-refractivity contribution in [3.8, 4) is 17.2 Å². The third kappa shape index (κ3) is 8.26. The largest absolute Gasteiger partial charge is 0.475 e. The molecule has 0 radical (unpaired) electrons. The number of phosphoric ester groups is 1. The summed E-state index contributed by atoms with van der Waals surface area (Å²) < 4.78 is 42.6. The predicted octanol–water partition coefficient (Wildman–Crippen LogP) is 3.88. The van der Waals surface area contributed by atoms with Gasteiger partial charge in [-0.25, -0.2) is 14.2 Å². The van der Waals surface area contributed by atoms with E-state index in [1.807, 2.05) is 42.5 Å². The molecular weight excluding hydrogens is 631 g/mol. The second-order valence-electron chi connectivity index (χ2n) is 11.2. The van der Waals surface area contributed by atoms with Gasteiger partial charge in [-0.1, -0.05) is 48.5 Å². The standard InChI is InChI=1S/C32H37N4O10P/c1-21-18-36(31(39)35-30(21)38)29-17-27(28(19-37)45-29)46-47(41,44-16-8-13-33)43-15-7-6-14-34-32(40)42-20-26-24-11-4-2-9-22(24)23-10-3-5-12-25(23)26/h2-5,9-12,18,26-29,37H,6-8,14-17,19-20H2,1H3,(H,34,40)(H,35,38,39)/t27-,28-,29-,47?/m1/s1. The van der Waals surface area contributed by atoms with Crippen molar-refractivity contribution in [1.82, 2.24) is 14.9 Å². The maximum atomic E-state index is 13.5. The van der Waals surface area contributed by atoms with Crippen molar-refractivity contribution in [2.45, 2.75) is 57.0 Å². The summed E-state index contributed by atoms with van der Waals surface area (Å²) in [6.07, 6.45) is -1.35. The molecule has 0 saturated carbocycles. The number of ether oxygens (including phenoxy) is 2. The van der Waals surface area contributed by atoms with Gasteiger partial charge in [0.05, 0.1) is 32.3 Å². The molecule has 2 aromatic carbocycles. The number of nitriles is 1. The van der Waals surface area contributed by atoms with Gasteiger partial charge in [0, 0.05) is 30.6 Å². The molecule has 1 aromatic heterocycles. The molecule has 1 aliphatic carbocycles. The molecule has 14 nitrogen and oxygen atoms in total. The van der Waals surface area contributed by atoms with Gasteiger partial charge in [-0.05, 0) is 42.0 Å². The Labute approximate surface area is 270 Å². The zero-order chi connectivity index (χ0) is 33.4. The molecule has 0 bridgehead atoms. The molecule has 1 fully saturated rings. The van der Waals surface area contributed by atoms with E-state index in [4.69, 9.17) is 28.3 Å². The molecule has 4 atom stereocenters. The Morgan fingerprint density at radius 3 is 2.47 bits per heavy atom. The van der Waals surface area contributed by atoms with Crippen molar-refractivity contribution in [1.29, 1.82) is 5.26 Å². The first-order chi connectivity index (χ1) is 22.7. The van der Waals surface area contributed by atoms with Crippen LogP contribution in [-0.2, 0) is 27.6 Å². The third-order valence-electron chi connectivity index (χ3n) is 7.98. The number of aromatic amines is 1. The van der Waals surface area contributed by atoms with Crippen LogP contribution in [0.5, 0.6) is 0 Å². The summed E-state index contributed by atoms with van der Waals surface area (Å²) in [5.74, 6) is -0.0514. The number of nitrogens with one attached hydrogen (secondary N) is 2. The smallest absolute Gasteiger partial charge is 0.449 e. The maximum Gasteiger partial charge on any atom is 0.475 e. The fraction of sp³-hybridized carbons (Fsp3) is 0.438. The molecule has 47 heavy (non-hydrogen) atoms. The van der Waals surface area contributed by atoms with Crippen LogP contribution in [0.4, 0.5) is 4.79 Å². The van der Waals surface area contributed by atoms with E-state index in [0.29, 0.717) is 12.8 Å². The number of alkyl carbamates (subject to hydrolysis) is 1. The normalized spacial score (nSPS) is 19.8. The van der Waals surface area contributed by atoms with Gasteiger partial charge in [0.25, 0.3) is 5.56 Å². The predicted molar refractivity (Wildman–Crippen MR) is 169 cm³/mol. The lowest BCUT2D eigenvalue weighted by atomic mass is 9.98. The van der Waals surface area contributed by atoms with Crippen LogP contribution in [0.3, 0.4) is 0 Å². The van der Waals surface area contributed by atoms with Crippen molar-refractivity contribution in [2.75, 3.05) is 33.0 Å². The Morgan fingerprint density at radius 2 is 1.79 bits per heavy atom. The van der Waals surface area contributed by atoms with Crippen LogP contribution >= 0.6 is 7.82 Å². The number of amides is 1. The monoisotopic (exact) mass is 668 g/mol. The van der Waals surface area contributed by atoms with E-state index >= 15 is 0 Å². The number of hydrogen-bond donors (Lipinski definition) is 3. The number of aryl methyl sites for hydroxylation is 1. The fourth-order valence-corrected chi connectivity index (χ4v) is 7.07. The molecule has 250 valence electrons. The molecule has 0 spiro atoms. The zero-order valence-electron chi connectivity index (χ0n) is 25.8. The van der Waals surface area contributed by atoms with Crippen molar-refractivity contribution in [3.05, 3.63) is 92.3 Å². The van der Waals surface area contributed by atoms with Crippen LogP contribution in [0.25, 0.3) is 11.1 Å². The Bertz CT molecular complexity index is 1720. The molecule has 1 unspecified atom stereocenters. The van der Waals surface area contributed by atoms with Gasteiger partial charge in [0.2, 0.25) is 0 Å². The van der Waals surface area contributed by atoms with E-state index in [1.54, 1.807) is 0 Å². The fourth-order valence-electron chi connectivity index (χ4n) is 5.66. The summed E-state index contributed by atoms with van der Waals surface area (Å²) in [5.41, 5.74) is 3.55. The molecule has 1 saturated heterocycles. The van der Waals surface area contributed by atoms with Crippen molar-refractivity contribution in [3.63, 3.8) is 0 Å². The Morgan fingerprint density at radius 1 is 1.11 bits per heavy atom. The molecule has 2 heterocycles. The lowest BCUT2D eigenvalue weighted by Gasteiger charge is -2.23. The number of fused-ring (bicyclic) bond motifs is 3. The van der Waals surface area contributed by atoms with Gasteiger partial charge in [0.1, 0.15) is 25.0 Å². The minimum absolute atomic E-state index is 0.00433. The molecular formula is C32H37N4O10P. The van der Waals surface area contributed by atoms with Crippen LogP contribution in [0.2, 0.25) is 0 Å². The summed E-state index contributed by atoms with van der Waals surface area (Å²) >= 11 is 0.